The monoisotopic (exact) mass is 492 g/mol. The number of piperidine rings is 1. The molecule has 1 fully saturated rings. The predicted molar refractivity (Wildman–Crippen MR) is 127 cm³/mol. The van der Waals surface area contributed by atoms with Crippen LogP contribution in [0.2, 0.25) is 0 Å². The Morgan fingerprint density at radius 1 is 1.17 bits per heavy atom. The highest BCUT2D eigenvalue weighted by molar-refractivity contribution is 5.98. The smallest absolute Gasteiger partial charge is 0.417 e. The van der Waals surface area contributed by atoms with Gasteiger partial charge in [0, 0.05) is 54.9 Å². The number of hydrogen-bond acceptors (Lipinski definition) is 5. The summed E-state index contributed by atoms with van der Waals surface area (Å²) in [4.78, 5) is 31.0. The molecule has 0 bridgehead atoms. The molecule has 1 N–H and O–H groups in total. The van der Waals surface area contributed by atoms with Crippen molar-refractivity contribution < 1.29 is 27.5 Å². The Kier molecular flexibility index (Phi) is 8.24. The molecule has 0 spiro atoms. The number of hydrogen-bond donors (Lipinski definition) is 1. The number of anilines is 1. The van der Waals surface area contributed by atoms with Crippen LogP contribution in [0.5, 0.6) is 0 Å². The molecule has 0 radical (unpaired) electrons. The highest BCUT2D eigenvalue weighted by atomic mass is 19.4. The number of esters is 1. The fourth-order valence-electron chi connectivity index (χ4n) is 4.45. The number of amides is 1. The van der Waals surface area contributed by atoms with Crippen LogP contribution in [0.1, 0.15) is 59.6 Å². The van der Waals surface area contributed by atoms with E-state index in [0.29, 0.717) is 49.4 Å². The Morgan fingerprint density at radius 2 is 1.86 bits per heavy atom. The van der Waals surface area contributed by atoms with Crippen molar-refractivity contribution in [3.63, 3.8) is 0 Å². The predicted octanol–water partition coefficient (Wildman–Crippen LogP) is 4.51. The molecule has 3 heterocycles. The molecule has 2 aromatic rings. The summed E-state index contributed by atoms with van der Waals surface area (Å²) in [5.74, 6) is -0.197. The number of alkyl halides is 3. The van der Waals surface area contributed by atoms with Crippen LogP contribution in [0, 0.1) is 13.8 Å². The van der Waals surface area contributed by atoms with Crippen molar-refractivity contribution >= 4 is 23.8 Å². The van der Waals surface area contributed by atoms with Gasteiger partial charge in [-0.1, -0.05) is 0 Å². The molecule has 190 valence electrons. The number of carbonyl (C=O) groups is 2. The number of pyridine rings is 1. The third-order valence-corrected chi connectivity index (χ3v) is 6.27. The average Bonchev–Trinajstić information content (AvgIpc) is 3.06. The number of aromatic nitrogens is 2. The average molecular weight is 493 g/mol. The highest BCUT2D eigenvalue weighted by Crippen LogP contribution is 2.30. The summed E-state index contributed by atoms with van der Waals surface area (Å²) < 4.78 is 45.4. The van der Waals surface area contributed by atoms with Crippen molar-refractivity contribution in [3.05, 3.63) is 52.5 Å². The zero-order chi connectivity index (χ0) is 25.8. The molecule has 0 aliphatic carbocycles. The largest absolute Gasteiger partial charge is 0.462 e. The van der Waals surface area contributed by atoms with E-state index in [1.807, 2.05) is 30.2 Å². The first kappa shape index (κ1) is 26.3. The van der Waals surface area contributed by atoms with E-state index in [2.05, 4.69) is 10.3 Å². The molecule has 3 rings (SSSR count). The number of ether oxygens (including phenoxy) is 1. The van der Waals surface area contributed by atoms with Crippen molar-refractivity contribution in [2.75, 3.05) is 24.6 Å². The summed E-state index contributed by atoms with van der Waals surface area (Å²) in [5.41, 5.74) is 2.04. The molecule has 35 heavy (non-hydrogen) atoms. The van der Waals surface area contributed by atoms with Gasteiger partial charge in [-0.3, -0.25) is 4.79 Å². The minimum atomic E-state index is -4.41. The van der Waals surface area contributed by atoms with Gasteiger partial charge in [-0.2, -0.15) is 13.2 Å². The second kappa shape index (κ2) is 11.0. The summed E-state index contributed by atoms with van der Waals surface area (Å²) >= 11 is 0. The highest BCUT2D eigenvalue weighted by Gasteiger charge is 2.31. The Labute approximate surface area is 203 Å². The number of halogens is 3. The lowest BCUT2D eigenvalue weighted by molar-refractivity contribution is -0.137. The van der Waals surface area contributed by atoms with Crippen molar-refractivity contribution in [1.82, 2.24) is 14.9 Å². The van der Waals surface area contributed by atoms with Crippen LogP contribution in [0.3, 0.4) is 0 Å². The van der Waals surface area contributed by atoms with Crippen molar-refractivity contribution in [1.29, 1.82) is 0 Å². The first-order valence-electron chi connectivity index (χ1n) is 11.7. The van der Waals surface area contributed by atoms with E-state index in [9.17, 15) is 22.8 Å². The van der Waals surface area contributed by atoms with Gasteiger partial charge in [0.05, 0.1) is 17.7 Å². The molecule has 10 heteroatoms. The minimum absolute atomic E-state index is 0.0644. The molecule has 1 aliphatic heterocycles. The van der Waals surface area contributed by atoms with Crippen LogP contribution >= 0.6 is 0 Å². The molecule has 1 saturated heterocycles. The number of nitrogens with one attached hydrogen (secondary N) is 1. The van der Waals surface area contributed by atoms with Crippen molar-refractivity contribution in [2.45, 2.75) is 59.3 Å². The molecule has 0 atom stereocenters. The van der Waals surface area contributed by atoms with Gasteiger partial charge in [0.2, 0.25) is 5.91 Å². The van der Waals surface area contributed by atoms with Gasteiger partial charge in [-0.05, 0) is 58.7 Å². The molecule has 0 unspecified atom stereocenters. The van der Waals surface area contributed by atoms with E-state index in [0.717, 1.165) is 23.7 Å². The lowest BCUT2D eigenvalue weighted by Crippen LogP contribution is -2.44. The van der Waals surface area contributed by atoms with Crippen molar-refractivity contribution in [2.24, 2.45) is 0 Å². The molecule has 7 nitrogen and oxygen atoms in total. The Morgan fingerprint density at radius 3 is 2.40 bits per heavy atom. The summed E-state index contributed by atoms with van der Waals surface area (Å²) in [6, 6.07) is 2.34. The SMILES string of the molecule is CCOC(=O)c1c(/C=C/C(=O)NC2CCN(c3ccc(C(F)(F)F)cn3)CC2)c(C)n(CC)c1C. The second-order valence-corrected chi connectivity index (χ2v) is 8.43. The van der Waals surface area contributed by atoms with Crippen LogP contribution in [0.15, 0.2) is 24.4 Å². The van der Waals surface area contributed by atoms with Crippen molar-refractivity contribution in [3.8, 4) is 0 Å². The van der Waals surface area contributed by atoms with E-state index in [4.69, 9.17) is 4.74 Å². The first-order valence-corrected chi connectivity index (χ1v) is 11.7. The lowest BCUT2D eigenvalue weighted by atomic mass is 10.0. The second-order valence-electron chi connectivity index (χ2n) is 8.43. The first-order chi connectivity index (χ1) is 16.6. The topological polar surface area (TPSA) is 76.5 Å². The number of nitrogens with zero attached hydrogens (tertiary/aromatic N) is 3. The van der Waals surface area contributed by atoms with E-state index >= 15 is 0 Å². The molecule has 1 amide bonds. The molecular weight excluding hydrogens is 461 g/mol. The number of carbonyl (C=O) groups excluding carboxylic acids is 2. The Hall–Kier alpha value is -3.30. The van der Waals surface area contributed by atoms with Crippen LogP contribution in [0.4, 0.5) is 19.0 Å². The van der Waals surface area contributed by atoms with Gasteiger partial charge in [0.15, 0.2) is 0 Å². The van der Waals surface area contributed by atoms with E-state index in [-0.39, 0.29) is 18.6 Å². The third kappa shape index (κ3) is 6.04. The van der Waals surface area contributed by atoms with E-state index in [1.54, 1.807) is 13.0 Å². The molecular formula is C25H31F3N4O3. The summed E-state index contributed by atoms with van der Waals surface area (Å²) in [5, 5.41) is 2.97. The van der Waals surface area contributed by atoms with Gasteiger partial charge >= 0.3 is 12.1 Å². The van der Waals surface area contributed by atoms with Crippen LogP contribution < -0.4 is 10.2 Å². The molecule has 2 aromatic heterocycles. The van der Waals surface area contributed by atoms with Gasteiger partial charge in [0.25, 0.3) is 0 Å². The zero-order valence-corrected chi connectivity index (χ0v) is 20.4. The molecule has 0 saturated carbocycles. The summed E-state index contributed by atoms with van der Waals surface area (Å²) in [6.45, 7) is 9.59. The maximum Gasteiger partial charge on any atom is 0.417 e. The van der Waals surface area contributed by atoms with Crippen LogP contribution in [-0.2, 0) is 22.3 Å². The fourth-order valence-corrected chi connectivity index (χ4v) is 4.45. The van der Waals surface area contributed by atoms with Gasteiger partial charge in [0.1, 0.15) is 5.82 Å². The van der Waals surface area contributed by atoms with Crippen LogP contribution in [-0.4, -0.2) is 47.2 Å². The van der Waals surface area contributed by atoms with E-state index < -0.39 is 17.7 Å². The quantitative estimate of drug-likeness (QED) is 0.455. The van der Waals surface area contributed by atoms with Gasteiger partial charge in [-0.25, -0.2) is 9.78 Å². The Bertz CT molecular complexity index is 1080. The lowest BCUT2D eigenvalue weighted by Gasteiger charge is -2.33. The standard InChI is InChI=1S/C25H31F3N4O3/c1-5-32-16(3)20(23(17(32)4)24(34)35-6-2)8-10-22(33)30-19-11-13-31(14-12-19)21-9-7-18(15-29-21)25(26,27)28/h7-10,15,19H,5-6,11-14H2,1-4H3,(H,30,33)/b10-8+. The zero-order valence-electron chi connectivity index (χ0n) is 20.4. The summed E-state index contributed by atoms with van der Waals surface area (Å²) in [6.07, 6.45) is 0.783. The van der Waals surface area contributed by atoms with E-state index in [1.165, 1.54) is 12.1 Å². The number of rotatable bonds is 7. The van der Waals surface area contributed by atoms with Crippen LogP contribution in [0.25, 0.3) is 6.08 Å². The van der Waals surface area contributed by atoms with Gasteiger partial charge in [-0.15, -0.1) is 0 Å². The molecule has 1 aliphatic rings. The van der Waals surface area contributed by atoms with Gasteiger partial charge < -0.3 is 19.5 Å². The summed E-state index contributed by atoms with van der Waals surface area (Å²) in [7, 11) is 0. The molecule has 0 aromatic carbocycles. The Balaban J connectivity index is 1.61. The maximum atomic E-state index is 12.7. The minimum Gasteiger partial charge on any atom is -0.462 e. The normalized spacial score (nSPS) is 15.0. The maximum absolute atomic E-state index is 12.7. The fraction of sp³-hybridized carbons (Fsp3) is 0.480. The third-order valence-electron chi connectivity index (χ3n) is 6.27.